The molecule has 4 rings (SSSR count). The minimum absolute atomic E-state index is 0.0105. The van der Waals surface area contributed by atoms with Gasteiger partial charge < -0.3 is 19.8 Å². The molecule has 2 saturated heterocycles. The van der Waals surface area contributed by atoms with Gasteiger partial charge in [0.05, 0.1) is 12.0 Å². The lowest BCUT2D eigenvalue weighted by Gasteiger charge is -2.43. The monoisotopic (exact) mass is 455 g/mol. The van der Waals surface area contributed by atoms with Crippen molar-refractivity contribution in [3.8, 4) is 0 Å². The highest BCUT2D eigenvalue weighted by molar-refractivity contribution is 5.83. The molecule has 2 fully saturated rings. The largest absolute Gasteiger partial charge is 0.386 e. The number of rotatable bonds is 6. The van der Waals surface area contributed by atoms with Gasteiger partial charge >= 0.3 is 0 Å². The molecule has 2 aliphatic rings. The maximum absolute atomic E-state index is 14.5. The number of amides is 1. The maximum atomic E-state index is 14.5. The number of carbonyl (C=O) groups excluding carboxylic acids is 1. The summed E-state index contributed by atoms with van der Waals surface area (Å²) in [4.78, 5) is 28.2. The van der Waals surface area contributed by atoms with Crippen molar-refractivity contribution in [3.63, 3.8) is 0 Å². The van der Waals surface area contributed by atoms with Crippen molar-refractivity contribution >= 4 is 11.7 Å². The lowest BCUT2D eigenvalue weighted by Crippen LogP contribution is -2.53. The number of aryl methyl sites for hydroxylation is 1. The third-order valence-electron chi connectivity index (χ3n) is 7.21. The molecule has 0 unspecified atom stereocenters. The highest BCUT2D eigenvalue weighted by Crippen LogP contribution is 2.38. The zero-order valence-corrected chi connectivity index (χ0v) is 19.8. The molecule has 0 aliphatic carbocycles. The number of piperidine rings is 1. The second kappa shape index (κ2) is 9.35. The summed E-state index contributed by atoms with van der Waals surface area (Å²) in [5.41, 5.74) is -0.232. The summed E-state index contributed by atoms with van der Waals surface area (Å²) in [7, 11) is 3.81. The van der Waals surface area contributed by atoms with E-state index in [4.69, 9.17) is 0 Å². The predicted octanol–water partition coefficient (Wildman–Crippen LogP) is 2.28. The molecule has 7 nitrogen and oxygen atoms in total. The number of nitrogens with zero attached hydrogens (tertiary/aromatic N) is 5. The first-order valence-electron chi connectivity index (χ1n) is 11.6. The molecule has 33 heavy (non-hydrogen) atoms. The Balaban J connectivity index is 1.49. The third-order valence-corrected chi connectivity index (χ3v) is 7.21. The van der Waals surface area contributed by atoms with E-state index in [1.54, 1.807) is 24.1 Å². The summed E-state index contributed by atoms with van der Waals surface area (Å²) >= 11 is 0. The highest BCUT2D eigenvalue weighted by Gasteiger charge is 2.45. The smallest absolute Gasteiger partial charge is 0.229 e. The number of aliphatic hydroxyl groups is 1. The van der Waals surface area contributed by atoms with E-state index in [9.17, 15) is 14.3 Å². The topological polar surface area (TPSA) is 72.8 Å². The van der Waals surface area contributed by atoms with Crippen LogP contribution in [-0.2, 0) is 11.2 Å². The number of benzene rings is 1. The van der Waals surface area contributed by atoms with Gasteiger partial charge in [-0.05, 0) is 64.4 Å². The Morgan fingerprint density at radius 3 is 2.61 bits per heavy atom. The number of likely N-dealkylation sites (tertiary alicyclic amines) is 1. The predicted molar refractivity (Wildman–Crippen MR) is 125 cm³/mol. The van der Waals surface area contributed by atoms with E-state index < -0.39 is 11.0 Å². The number of anilines is 1. The number of aromatic nitrogens is 2. The minimum Gasteiger partial charge on any atom is -0.386 e. The first kappa shape index (κ1) is 23.6. The molecule has 0 spiro atoms. The maximum Gasteiger partial charge on any atom is 0.229 e. The van der Waals surface area contributed by atoms with Gasteiger partial charge in [-0.3, -0.25) is 4.79 Å². The summed E-state index contributed by atoms with van der Waals surface area (Å²) in [6, 6.07) is 8.63. The molecule has 1 amide bonds. The molecule has 0 bridgehead atoms. The fraction of sp³-hybridized carbons (Fsp3) is 0.560. The van der Waals surface area contributed by atoms with E-state index in [-0.39, 0.29) is 18.3 Å². The minimum atomic E-state index is -1.02. The molecular weight excluding hydrogens is 421 g/mol. The fourth-order valence-electron chi connectivity index (χ4n) is 5.23. The Labute approximate surface area is 195 Å². The molecule has 1 N–H and O–H groups in total. The second-order valence-electron chi connectivity index (χ2n) is 9.93. The van der Waals surface area contributed by atoms with Gasteiger partial charge in [-0.25, -0.2) is 14.4 Å². The molecule has 178 valence electrons. The summed E-state index contributed by atoms with van der Waals surface area (Å²) < 4.78 is 14.5. The van der Waals surface area contributed by atoms with Crippen molar-refractivity contribution in [2.24, 2.45) is 5.41 Å². The first-order chi connectivity index (χ1) is 15.7. The number of β-amino-alcohol motifs (C(OH)–C–C–N with tert-alkyl or cyclic N) is 1. The number of hydrogen-bond acceptors (Lipinski definition) is 6. The van der Waals surface area contributed by atoms with Gasteiger partial charge in [-0.2, -0.15) is 0 Å². The zero-order valence-electron chi connectivity index (χ0n) is 19.8. The normalized spacial score (nSPS) is 23.0. The number of carbonyl (C=O) groups is 1. The molecule has 2 aromatic rings. The van der Waals surface area contributed by atoms with Gasteiger partial charge in [0.25, 0.3) is 0 Å². The summed E-state index contributed by atoms with van der Waals surface area (Å²) in [6.07, 6.45) is 3.81. The number of hydrogen-bond donors (Lipinski definition) is 1. The Hall–Kier alpha value is -2.58. The van der Waals surface area contributed by atoms with E-state index in [0.717, 1.165) is 24.6 Å². The summed E-state index contributed by atoms with van der Waals surface area (Å²) in [5.74, 6) is 0.513. The quantitative estimate of drug-likeness (QED) is 0.721. The van der Waals surface area contributed by atoms with Crippen LogP contribution in [0.15, 0.2) is 36.7 Å². The van der Waals surface area contributed by atoms with Crippen LogP contribution in [0.3, 0.4) is 0 Å². The van der Waals surface area contributed by atoms with Crippen molar-refractivity contribution in [2.45, 2.75) is 38.2 Å². The van der Waals surface area contributed by atoms with Crippen LogP contribution in [0.5, 0.6) is 0 Å². The molecule has 1 atom stereocenters. The Morgan fingerprint density at radius 1 is 1.18 bits per heavy atom. The van der Waals surface area contributed by atoms with Crippen LogP contribution in [-0.4, -0.2) is 83.2 Å². The van der Waals surface area contributed by atoms with Gasteiger partial charge in [-0.1, -0.05) is 18.2 Å². The van der Waals surface area contributed by atoms with Crippen molar-refractivity contribution in [1.82, 2.24) is 19.8 Å². The molecule has 1 aromatic carbocycles. The van der Waals surface area contributed by atoms with Gasteiger partial charge in [0.2, 0.25) is 5.91 Å². The number of halogens is 1. The van der Waals surface area contributed by atoms with E-state index >= 15 is 0 Å². The highest BCUT2D eigenvalue weighted by atomic mass is 19.1. The second-order valence-corrected chi connectivity index (χ2v) is 9.93. The van der Waals surface area contributed by atoms with Crippen molar-refractivity contribution < 1.29 is 14.3 Å². The standard InChI is InChI=1S/C25H34FN5O2/c1-19-14-22(28-18-27-19)31-13-10-25(33,17-31)16-30(3)23(32)24(8-11-29(2)12-9-24)15-20-6-4-5-7-21(20)26/h4-7,14,18,33H,8-13,15-17H2,1-3H3/t25-/m1/s1. The van der Waals surface area contributed by atoms with E-state index in [1.807, 2.05) is 31.0 Å². The van der Waals surface area contributed by atoms with Gasteiger partial charge in [0.15, 0.2) is 0 Å². The number of likely N-dealkylation sites (N-methyl/N-ethyl adjacent to an activating group) is 1. The van der Waals surface area contributed by atoms with E-state index in [1.165, 1.54) is 12.4 Å². The average molecular weight is 456 g/mol. The van der Waals surface area contributed by atoms with Crippen LogP contribution in [0, 0.1) is 18.2 Å². The van der Waals surface area contributed by atoms with Gasteiger partial charge in [0.1, 0.15) is 23.6 Å². The lowest BCUT2D eigenvalue weighted by molar-refractivity contribution is -0.146. The lowest BCUT2D eigenvalue weighted by atomic mass is 9.72. The van der Waals surface area contributed by atoms with Gasteiger partial charge in [0, 0.05) is 31.9 Å². The molecular formula is C25H34FN5O2. The third kappa shape index (κ3) is 5.17. The Kier molecular flexibility index (Phi) is 6.68. The van der Waals surface area contributed by atoms with E-state index in [2.05, 4.69) is 14.9 Å². The van der Waals surface area contributed by atoms with Crippen LogP contribution in [0.25, 0.3) is 0 Å². The summed E-state index contributed by atoms with van der Waals surface area (Å²) in [5, 5.41) is 11.3. The molecule has 2 aliphatic heterocycles. The molecule has 8 heteroatoms. The van der Waals surface area contributed by atoms with Crippen LogP contribution < -0.4 is 4.90 Å². The fourth-order valence-corrected chi connectivity index (χ4v) is 5.23. The summed E-state index contributed by atoms with van der Waals surface area (Å²) in [6.45, 7) is 4.81. The van der Waals surface area contributed by atoms with Crippen molar-refractivity contribution in [2.75, 3.05) is 51.7 Å². The molecule has 1 aromatic heterocycles. The molecule has 0 radical (unpaired) electrons. The van der Waals surface area contributed by atoms with Gasteiger partial charge in [-0.15, -0.1) is 0 Å². The first-order valence-corrected chi connectivity index (χ1v) is 11.6. The van der Waals surface area contributed by atoms with Crippen LogP contribution in [0.4, 0.5) is 10.2 Å². The van der Waals surface area contributed by atoms with E-state index in [0.29, 0.717) is 44.3 Å². The van der Waals surface area contributed by atoms with Crippen LogP contribution >= 0.6 is 0 Å². The Morgan fingerprint density at radius 2 is 1.91 bits per heavy atom. The SMILES string of the molecule is Cc1cc(N2CC[C@@](O)(CN(C)C(=O)C3(Cc4ccccc4F)CCN(C)CC3)C2)ncn1. The van der Waals surface area contributed by atoms with Crippen LogP contribution in [0.1, 0.15) is 30.5 Å². The van der Waals surface area contributed by atoms with Crippen LogP contribution in [0.2, 0.25) is 0 Å². The molecule has 3 heterocycles. The van der Waals surface area contributed by atoms with Crippen molar-refractivity contribution in [3.05, 3.63) is 53.7 Å². The Bertz CT molecular complexity index is 994. The average Bonchev–Trinajstić information content (AvgIpc) is 3.18. The zero-order chi connectivity index (χ0) is 23.6. The van der Waals surface area contributed by atoms with Crippen molar-refractivity contribution in [1.29, 1.82) is 0 Å². The molecule has 0 saturated carbocycles.